The van der Waals surface area contributed by atoms with Gasteiger partial charge in [-0.1, -0.05) is 11.2 Å². The van der Waals surface area contributed by atoms with E-state index in [9.17, 15) is 9.18 Å². The van der Waals surface area contributed by atoms with Crippen molar-refractivity contribution in [2.75, 3.05) is 13.1 Å². The van der Waals surface area contributed by atoms with Crippen molar-refractivity contribution in [3.63, 3.8) is 0 Å². The molecule has 1 aliphatic heterocycles. The van der Waals surface area contributed by atoms with Crippen LogP contribution in [0.25, 0.3) is 11.6 Å². The number of hydrogen-bond donors (Lipinski definition) is 0. The number of carbonyl (C=O) groups excluding carboxylic acids is 1. The summed E-state index contributed by atoms with van der Waals surface area (Å²) in [6, 6.07) is 5.74. The smallest absolute Gasteiger partial charge is 0.278 e. The second kappa shape index (κ2) is 6.99. The van der Waals surface area contributed by atoms with Crippen LogP contribution in [0.1, 0.15) is 34.9 Å². The van der Waals surface area contributed by atoms with Gasteiger partial charge in [-0.25, -0.2) is 9.37 Å². The molecule has 0 aliphatic carbocycles. The number of halogens is 1. The third-order valence-electron chi connectivity index (χ3n) is 4.37. The zero-order valence-electron chi connectivity index (χ0n) is 13.9. The van der Waals surface area contributed by atoms with Crippen molar-refractivity contribution in [1.82, 2.24) is 25.0 Å². The van der Waals surface area contributed by atoms with Crippen molar-refractivity contribution in [2.24, 2.45) is 0 Å². The highest BCUT2D eigenvalue weighted by Gasteiger charge is 2.29. The van der Waals surface area contributed by atoms with E-state index >= 15 is 0 Å². The zero-order valence-corrected chi connectivity index (χ0v) is 13.9. The number of carbonyl (C=O) groups is 1. The van der Waals surface area contributed by atoms with Gasteiger partial charge in [-0.15, -0.1) is 0 Å². The number of benzene rings is 1. The van der Waals surface area contributed by atoms with E-state index in [4.69, 9.17) is 4.52 Å². The maximum atomic E-state index is 13.4. The van der Waals surface area contributed by atoms with E-state index in [0.717, 1.165) is 12.8 Å². The van der Waals surface area contributed by atoms with E-state index < -0.39 is 5.82 Å². The lowest BCUT2D eigenvalue weighted by Gasteiger charge is -2.31. The Balaban J connectivity index is 1.50. The molecular formula is C18H16FN5O2. The van der Waals surface area contributed by atoms with Gasteiger partial charge in [-0.2, -0.15) is 4.98 Å². The summed E-state index contributed by atoms with van der Waals surface area (Å²) in [5, 5.41) is 4.05. The Morgan fingerprint density at radius 2 is 2.23 bits per heavy atom. The molecule has 132 valence electrons. The molecule has 1 atom stereocenters. The Bertz CT molecular complexity index is 915. The van der Waals surface area contributed by atoms with E-state index in [1.54, 1.807) is 29.6 Å². The summed E-state index contributed by atoms with van der Waals surface area (Å²) in [6.07, 6.45) is 6.35. The van der Waals surface area contributed by atoms with Gasteiger partial charge in [0.25, 0.3) is 11.8 Å². The van der Waals surface area contributed by atoms with E-state index in [-0.39, 0.29) is 11.8 Å². The monoisotopic (exact) mass is 353 g/mol. The summed E-state index contributed by atoms with van der Waals surface area (Å²) in [6.45, 7) is 1.09. The quantitative estimate of drug-likeness (QED) is 0.720. The first kappa shape index (κ1) is 16.3. The van der Waals surface area contributed by atoms with Gasteiger partial charge in [0.2, 0.25) is 0 Å². The van der Waals surface area contributed by atoms with Gasteiger partial charge < -0.3 is 9.42 Å². The van der Waals surface area contributed by atoms with Crippen LogP contribution < -0.4 is 0 Å². The average molecular weight is 353 g/mol. The molecule has 1 saturated heterocycles. The lowest BCUT2D eigenvalue weighted by atomic mass is 9.96. The Labute approximate surface area is 148 Å². The molecule has 1 aliphatic rings. The predicted molar refractivity (Wildman–Crippen MR) is 89.6 cm³/mol. The predicted octanol–water partition coefficient (Wildman–Crippen LogP) is 2.69. The van der Waals surface area contributed by atoms with E-state index in [1.807, 2.05) is 0 Å². The molecule has 0 bridgehead atoms. The number of amides is 1. The second-order valence-electron chi connectivity index (χ2n) is 6.15. The molecule has 4 rings (SSSR count). The average Bonchev–Trinajstić information content (AvgIpc) is 3.18. The van der Waals surface area contributed by atoms with Crippen LogP contribution in [0, 0.1) is 5.82 Å². The maximum Gasteiger partial charge on any atom is 0.278 e. The first-order valence-electron chi connectivity index (χ1n) is 8.35. The molecule has 7 nitrogen and oxygen atoms in total. The third-order valence-corrected chi connectivity index (χ3v) is 4.37. The van der Waals surface area contributed by atoms with Crippen molar-refractivity contribution in [1.29, 1.82) is 0 Å². The molecule has 0 spiro atoms. The Kier molecular flexibility index (Phi) is 4.39. The molecule has 3 aromatic rings. The molecule has 26 heavy (non-hydrogen) atoms. The lowest BCUT2D eigenvalue weighted by molar-refractivity contribution is 0.0703. The van der Waals surface area contributed by atoms with Crippen LogP contribution in [0.2, 0.25) is 0 Å². The Morgan fingerprint density at radius 3 is 3.04 bits per heavy atom. The summed E-state index contributed by atoms with van der Waals surface area (Å²) in [4.78, 5) is 26.9. The number of nitrogens with zero attached hydrogens (tertiary/aromatic N) is 5. The Hall–Kier alpha value is -3.16. The van der Waals surface area contributed by atoms with Crippen LogP contribution >= 0.6 is 0 Å². The highest BCUT2D eigenvalue weighted by Crippen LogP contribution is 2.27. The molecule has 0 unspecified atom stereocenters. The van der Waals surface area contributed by atoms with Crippen molar-refractivity contribution in [2.45, 2.75) is 18.8 Å². The third kappa shape index (κ3) is 3.30. The number of hydrogen-bond acceptors (Lipinski definition) is 6. The summed E-state index contributed by atoms with van der Waals surface area (Å²) in [5.41, 5.74) is 0.855. The molecule has 0 saturated carbocycles. The van der Waals surface area contributed by atoms with Gasteiger partial charge in [0, 0.05) is 37.0 Å². The van der Waals surface area contributed by atoms with Crippen molar-refractivity contribution in [3.05, 3.63) is 60.1 Å². The lowest BCUT2D eigenvalue weighted by Crippen LogP contribution is -2.39. The molecule has 1 fully saturated rings. The van der Waals surface area contributed by atoms with Crippen LogP contribution in [-0.2, 0) is 0 Å². The SMILES string of the molecule is O=C(c1cccc(F)c1)N1CCC[C@H](c2noc(-c3cnccn3)n2)C1. The van der Waals surface area contributed by atoms with Gasteiger partial charge in [0.1, 0.15) is 11.5 Å². The minimum absolute atomic E-state index is 0.0320. The molecule has 3 heterocycles. The first-order valence-corrected chi connectivity index (χ1v) is 8.35. The molecule has 1 amide bonds. The molecule has 0 N–H and O–H groups in total. The Morgan fingerprint density at radius 1 is 1.31 bits per heavy atom. The summed E-state index contributed by atoms with van der Waals surface area (Å²) >= 11 is 0. The molecule has 2 aromatic heterocycles. The number of rotatable bonds is 3. The number of aromatic nitrogens is 4. The maximum absolute atomic E-state index is 13.4. The van der Waals surface area contributed by atoms with E-state index in [2.05, 4.69) is 20.1 Å². The number of piperidine rings is 1. The fourth-order valence-electron chi connectivity index (χ4n) is 3.09. The standard InChI is InChI=1S/C18H16FN5O2/c19-14-5-1-3-12(9-14)18(25)24-8-2-4-13(11-24)16-22-17(26-23-16)15-10-20-6-7-21-15/h1,3,5-7,9-10,13H,2,4,8,11H2/t13-/m0/s1. The number of likely N-dealkylation sites (tertiary alicyclic amines) is 1. The fraction of sp³-hybridized carbons (Fsp3) is 0.278. The molecule has 8 heteroatoms. The second-order valence-corrected chi connectivity index (χ2v) is 6.15. The van der Waals surface area contributed by atoms with E-state index in [1.165, 1.54) is 18.2 Å². The van der Waals surface area contributed by atoms with Gasteiger partial charge in [0.05, 0.1) is 6.20 Å². The normalized spacial score (nSPS) is 17.3. The molecule has 0 radical (unpaired) electrons. The fourth-order valence-corrected chi connectivity index (χ4v) is 3.09. The van der Waals surface area contributed by atoms with Crippen LogP contribution in [0.5, 0.6) is 0 Å². The molecule has 1 aromatic carbocycles. The zero-order chi connectivity index (χ0) is 17.9. The topological polar surface area (TPSA) is 85.0 Å². The highest BCUT2D eigenvalue weighted by molar-refractivity contribution is 5.94. The summed E-state index contributed by atoms with van der Waals surface area (Å²) < 4.78 is 18.7. The van der Waals surface area contributed by atoms with Crippen LogP contribution in [-0.4, -0.2) is 44.0 Å². The van der Waals surface area contributed by atoms with Crippen molar-refractivity contribution >= 4 is 5.91 Å². The van der Waals surface area contributed by atoms with Crippen molar-refractivity contribution in [3.8, 4) is 11.6 Å². The van der Waals surface area contributed by atoms with Gasteiger partial charge in [0.15, 0.2) is 5.82 Å². The summed E-state index contributed by atoms with van der Waals surface area (Å²) in [7, 11) is 0. The van der Waals surface area contributed by atoms with Crippen molar-refractivity contribution < 1.29 is 13.7 Å². The largest absolute Gasteiger partial charge is 0.338 e. The van der Waals surface area contributed by atoms with Gasteiger partial charge in [-0.3, -0.25) is 9.78 Å². The van der Waals surface area contributed by atoms with Crippen LogP contribution in [0.15, 0.2) is 47.4 Å². The van der Waals surface area contributed by atoms with E-state index in [0.29, 0.717) is 36.1 Å². The summed E-state index contributed by atoms with van der Waals surface area (Å²) in [5.74, 6) is 0.211. The highest BCUT2D eigenvalue weighted by atomic mass is 19.1. The van der Waals surface area contributed by atoms with Crippen LogP contribution in [0.3, 0.4) is 0 Å². The first-order chi connectivity index (χ1) is 12.7. The minimum Gasteiger partial charge on any atom is -0.338 e. The minimum atomic E-state index is -0.420. The molecular weight excluding hydrogens is 337 g/mol. The van der Waals surface area contributed by atoms with Crippen LogP contribution in [0.4, 0.5) is 4.39 Å². The van der Waals surface area contributed by atoms with Gasteiger partial charge in [-0.05, 0) is 31.0 Å². The van der Waals surface area contributed by atoms with Gasteiger partial charge >= 0.3 is 0 Å².